The minimum absolute atomic E-state index is 0.196. The van der Waals surface area contributed by atoms with Crippen molar-refractivity contribution in [3.05, 3.63) is 29.6 Å². The van der Waals surface area contributed by atoms with E-state index < -0.39 is 0 Å². The van der Waals surface area contributed by atoms with Crippen LogP contribution in [0, 0.1) is 5.82 Å². The van der Waals surface area contributed by atoms with Crippen LogP contribution in [0.3, 0.4) is 0 Å². The molecule has 3 nitrogen and oxygen atoms in total. The van der Waals surface area contributed by atoms with Crippen LogP contribution >= 0.6 is 0 Å². The van der Waals surface area contributed by atoms with E-state index in [1.165, 1.54) is 6.07 Å². The normalized spacial score (nSPS) is 11.4. The largest absolute Gasteiger partial charge is 0.396 e. The molecule has 4 heteroatoms. The quantitative estimate of drug-likeness (QED) is 0.775. The minimum atomic E-state index is -0.349. The molecule has 1 aromatic rings. The first-order valence-corrected chi connectivity index (χ1v) is 5.81. The van der Waals surface area contributed by atoms with E-state index in [0.717, 1.165) is 12.1 Å². The molecule has 96 valence electrons. The fourth-order valence-corrected chi connectivity index (χ4v) is 1.63. The zero-order valence-electron chi connectivity index (χ0n) is 10.7. The molecule has 0 heterocycles. The summed E-state index contributed by atoms with van der Waals surface area (Å²) in [6.07, 6.45) is 0. The Morgan fingerprint density at radius 3 is 2.65 bits per heavy atom. The van der Waals surface area contributed by atoms with Crippen LogP contribution in [0.25, 0.3) is 0 Å². The van der Waals surface area contributed by atoms with Gasteiger partial charge in [0.15, 0.2) is 0 Å². The molecule has 1 rings (SSSR count). The van der Waals surface area contributed by atoms with Gasteiger partial charge in [-0.2, -0.15) is 0 Å². The second kappa shape index (κ2) is 6.57. The first-order chi connectivity index (χ1) is 8.04. The van der Waals surface area contributed by atoms with Gasteiger partial charge < -0.3 is 10.5 Å². The number of nitrogen functional groups attached to an aromatic ring is 1. The summed E-state index contributed by atoms with van der Waals surface area (Å²) in [5, 5.41) is 0. The van der Waals surface area contributed by atoms with Crippen LogP contribution in [0.4, 0.5) is 10.1 Å². The maximum atomic E-state index is 13.3. The summed E-state index contributed by atoms with van der Waals surface area (Å²) in [4.78, 5) is 2.23. The molecule has 17 heavy (non-hydrogen) atoms. The van der Waals surface area contributed by atoms with E-state index in [2.05, 4.69) is 18.7 Å². The zero-order valence-corrected chi connectivity index (χ0v) is 10.7. The molecule has 0 amide bonds. The van der Waals surface area contributed by atoms with Crippen molar-refractivity contribution in [3.8, 4) is 0 Å². The maximum Gasteiger partial charge on any atom is 0.146 e. The first-order valence-electron chi connectivity index (χ1n) is 5.81. The number of nitrogens with zero attached hydrogens (tertiary/aromatic N) is 1. The third-order valence-electron chi connectivity index (χ3n) is 2.76. The van der Waals surface area contributed by atoms with Gasteiger partial charge in [-0.15, -0.1) is 0 Å². The fraction of sp³-hybridized carbons (Fsp3) is 0.538. The Hall–Kier alpha value is -1.13. The highest BCUT2D eigenvalue weighted by molar-refractivity contribution is 5.41. The van der Waals surface area contributed by atoms with Gasteiger partial charge in [0, 0.05) is 26.2 Å². The van der Waals surface area contributed by atoms with Crippen molar-refractivity contribution in [1.82, 2.24) is 4.90 Å². The van der Waals surface area contributed by atoms with Gasteiger partial charge >= 0.3 is 0 Å². The molecule has 0 spiro atoms. The van der Waals surface area contributed by atoms with Crippen LogP contribution in [0.15, 0.2) is 18.2 Å². The third kappa shape index (κ3) is 4.32. The van der Waals surface area contributed by atoms with E-state index in [-0.39, 0.29) is 11.5 Å². The van der Waals surface area contributed by atoms with Crippen molar-refractivity contribution >= 4 is 5.69 Å². The molecular formula is C13H21FN2O. The highest BCUT2D eigenvalue weighted by atomic mass is 19.1. The molecule has 0 atom stereocenters. The molecule has 0 aliphatic carbocycles. The van der Waals surface area contributed by atoms with E-state index in [0.29, 0.717) is 19.2 Å². The third-order valence-corrected chi connectivity index (χ3v) is 2.76. The summed E-state index contributed by atoms with van der Waals surface area (Å²) in [5.74, 6) is -0.349. The average molecular weight is 240 g/mol. The molecule has 0 bridgehead atoms. The van der Waals surface area contributed by atoms with E-state index in [4.69, 9.17) is 10.5 Å². The summed E-state index contributed by atoms with van der Waals surface area (Å²) < 4.78 is 18.4. The Labute approximate surface area is 102 Å². The molecule has 0 aliphatic rings. The molecule has 1 aromatic carbocycles. The van der Waals surface area contributed by atoms with Gasteiger partial charge in [0.05, 0.1) is 12.3 Å². The molecule has 0 saturated carbocycles. The summed E-state index contributed by atoms with van der Waals surface area (Å²) >= 11 is 0. The number of anilines is 1. The Bertz CT molecular complexity index is 355. The highest BCUT2D eigenvalue weighted by Gasteiger charge is 2.10. The summed E-state index contributed by atoms with van der Waals surface area (Å²) in [6, 6.07) is 5.36. The van der Waals surface area contributed by atoms with Gasteiger partial charge in [-0.1, -0.05) is 6.07 Å². The van der Waals surface area contributed by atoms with E-state index in [1.807, 2.05) is 6.07 Å². The lowest BCUT2D eigenvalue weighted by molar-refractivity contribution is 0.125. The molecule has 2 N–H and O–H groups in total. The van der Waals surface area contributed by atoms with E-state index in [9.17, 15) is 4.39 Å². The Morgan fingerprint density at radius 2 is 2.12 bits per heavy atom. The van der Waals surface area contributed by atoms with Gasteiger partial charge in [-0.05, 0) is 31.5 Å². The molecule has 0 aromatic heterocycles. The van der Waals surface area contributed by atoms with Crippen LogP contribution in [-0.4, -0.2) is 31.2 Å². The van der Waals surface area contributed by atoms with Crippen molar-refractivity contribution in [2.45, 2.75) is 26.4 Å². The van der Waals surface area contributed by atoms with Gasteiger partial charge in [-0.3, -0.25) is 4.90 Å². The molecule has 0 fully saturated rings. The maximum absolute atomic E-state index is 13.3. The number of benzene rings is 1. The molecule has 0 saturated heterocycles. The van der Waals surface area contributed by atoms with Crippen molar-refractivity contribution in [1.29, 1.82) is 0 Å². The molecule has 0 unspecified atom stereocenters. The van der Waals surface area contributed by atoms with Gasteiger partial charge in [-0.25, -0.2) is 4.39 Å². The smallest absolute Gasteiger partial charge is 0.146 e. The summed E-state index contributed by atoms with van der Waals surface area (Å²) in [7, 11) is 1.68. The van der Waals surface area contributed by atoms with Crippen LogP contribution in [-0.2, 0) is 11.3 Å². The number of methoxy groups -OCH3 is 1. The standard InChI is InChI=1S/C13H21FN2O/c1-10(2)16(6-7-17-3)9-11-4-5-13(15)12(14)8-11/h4-5,8,10H,6-7,9,15H2,1-3H3. The Balaban J connectivity index is 2.68. The lowest BCUT2D eigenvalue weighted by Crippen LogP contribution is -2.33. The number of halogens is 1. The number of hydrogen-bond donors (Lipinski definition) is 1. The van der Waals surface area contributed by atoms with Gasteiger partial charge in [0.2, 0.25) is 0 Å². The predicted molar refractivity (Wildman–Crippen MR) is 68.2 cm³/mol. The first kappa shape index (κ1) is 13.9. The van der Waals surface area contributed by atoms with Crippen molar-refractivity contribution in [2.75, 3.05) is 26.0 Å². The minimum Gasteiger partial charge on any atom is -0.396 e. The fourth-order valence-electron chi connectivity index (χ4n) is 1.63. The topological polar surface area (TPSA) is 38.5 Å². The predicted octanol–water partition coefficient (Wildman–Crippen LogP) is 2.26. The van der Waals surface area contributed by atoms with Crippen molar-refractivity contribution in [3.63, 3.8) is 0 Å². The number of rotatable bonds is 6. The molecule has 0 aliphatic heterocycles. The summed E-state index contributed by atoms with van der Waals surface area (Å²) in [6.45, 7) is 6.45. The lowest BCUT2D eigenvalue weighted by atomic mass is 10.1. The Kier molecular flexibility index (Phi) is 5.38. The van der Waals surface area contributed by atoms with Gasteiger partial charge in [0.1, 0.15) is 5.82 Å². The van der Waals surface area contributed by atoms with E-state index in [1.54, 1.807) is 13.2 Å². The average Bonchev–Trinajstić information content (AvgIpc) is 2.28. The van der Waals surface area contributed by atoms with Gasteiger partial charge in [0.25, 0.3) is 0 Å². The number of nitrogens with two attached hydrogens (primary N) is 1. The van der Waals surface area contributed by atoms with Crippen LogP contribution in [0.2, 0.25) is 0 Å². The SMILES string of the molecule is COCCN(Cc1ccc(N)c(F)c1)C(C)C. The van der Waals surface area contributed by atoms with Crippen molar-refractivity contribution < 1.29 is 9.13 Å². The second-order valence-electron chi connectivity index (χ2n) is 4.41. The molecule has 0 radical (unpaired) electrons. The van der Waals surface area contributed by atoms with E-state index >= 15 is 0 Å². The number of hydrogen-bond acceptors (Lipinski definition) is 3. The van der Waals surface area contributed by atoms with Crippen molar-refractivity contribution in [2.24, 2.45) is 0 Å². The second-order valence-corrected chi connectivity index (χ2v) is 4.41. The summed E-state index contributed by atoms with van der Waals surface area (Å²) in [5.41, 5.74) is 6.58. The number of ether oxygens (including phenoxy) is 1. The highest BCUT2D eigenvalue weighted by Crippen LogP contribution is 2.14. The van der Waals surface area contributed by atoms with Crippen LogP contribution in [0.5, 0.6) is 0 Å². The van der Waals surface area contributed by atoms with Crippen LogP contribution < -0.4 is 5.73 Å². The monoisotopic (exact) mass is 240 g/mol. The molecular weight excluding hydrogens is 219 g/mol. The van der Waals surface area contributed by atoms with Crippen LogP contribution in [0.1, 0.15) is 19.4 Å². The lowest BCUT2D eigenvalue weighted by Gasteiger charge is -2.26. The Morgan fingerprint density at radius 1 is 1.41 bits per heavy atom. The zero-order chi connectivity index (χ0) is 12.8.